The highest BCUT2D eigenvalue weighted by Crippen LogP contribution is 2.19. The van der Waals surface area contributed by atoms with Gasteiger partial charge in [-0.15, -0.1) is 6.42 Å². The van der Waals surface area contributed by atoms with Gasteiger partial charge < -0.3 is 9.47 Å². The number of carbonyl (C=O) groups excluding carboxylic acids is 1. The highest BCUT2D eigenvalue weighted by molar-refractivity contribution is 5.72. The highest BCUT2D eigenvalue weighted by Gasteiger charge is 2.06. The largest absolute Gasteiger partial charge is 0.495 e. The molecule has 0 fully saturated rings. The van der Waals surface area contributed by atoms with Crippen molar-refractivity contribution in [1.82, 2.24) is 0 Å². The number of ether oxygens (including phenoxy) is 2. The number of carbonyl (C=O) groups is 1. The van der Waals surface area contributed by atoms with Crippen LogP contribution < -0.4 is 4.74 Å². The Labute approximate surface area is 89.0 Å². The summed E-state index contributed by atoms with van der Waals surface area (Å²) in [5, 5.41) is 0. The fourth-order valence-electron chi connectivity index (χ4n) is 1.22. The van der Waals surface area contributed by atoms with E-state index in [2.05, 4.69) is 10.7 Å². The summed E-state index contributed by atoms with van der Waals surface area (Å²) in [5.74, 6) is 2.84. The van der Waals surface area contributed by atoms with Gasteiger partial charge in [0.15, 0.2) is 0 Å². The molecule has 0 heterocycles. The van der Waals surface area contributed by atoms with Crippen molar-refractivity contribution in [3.63, 3.8) is 0 Å². The van der Waals surface area contributed by atoms with E-state index in [1.165, 1.54) is 7.11 Å². The molecule has 0 N–H and O–H groups in total. The van der Waals surface area contributed by atoms with E-state index >= 15 is 0 Å². The second-order valence-corrected chi connectivity index (χ2v) is 2.93. The summed E-state index contributed by atoms with van der Waals surface area (Å²) in [6.45, 7) is 0. The Kier molecular flexibility index (Phi) is 3.75. The monoisotopic (exact) mass is 204 g/mol. The van der Waals surface area contributed by atoms with Gasteiger partial charge in [0.1, 0.15) is 5.75 Å². The Morgan fingerprint density at radius 1 is 1.47 bits per heavy atom. The van der Waals surface area contributed by atoms with Crippen LogP contribution in [-0.4, -0.2) is 20.2 Å². The van der Waals surface area contributed by atoms with Crippen LogP contribution in [0.15, 0.2) is 18.2 Å². The maximum Gasteiger partial charge on any atom is 0.309 e. The predicted molar refractivity (Wildman–Crippen MR) is 56.6 cm³/mol. The first-order valence-corrected chi connectivity index (χ1v) is 4.41. The Hall–Kier alpha value is -1.95. The number of esters is 1. The molecule has 0 saturated carbocycles. The number of hydrogen-bond acceptors (Lipinski definition) is 3. The minimum atomic E-state index is -0.289. The van der Waals surface area contributed by atoms with Crippen LogP contribution in [0.1, 0.15) is 11.1 Å². The summed E-state index contributed by atoms with van der Waals surface area (Å²) in [6.07, 6.45) is 5.53. The molecule has 1 aromatic rings. The molecule has 3 heteroatoms. The molecule has 0 aliphatic heterocycles. The normalized spacial score (nSPS) is 9.13. The summed E-state index contributed by atoms with van der Waals surface area (Å²) >= 11 is 0. The average Bonchev–Trinajstić information content (AvgIpc) is 2.28. The molecule has 1 aromatic carbocycles. The molecule has 0 radical (unpaired) electrons. The van der Waals surface area contributed by atoms with Crippen LogP contribution >= 0.6 is 0 Å². The van der Waals surface area contributed by atoms with E-state index < -0.39 is 0 Å². The van der Waals surface area contributed by atoms with Crippen LogP contribution in [0.3, 0.4) is 0 Å². The van der Waals surface area contributed by atoms with E-state index in [0.717, 1.165) is 5.56 Å². The summed E-state index contributed by atoms with van der Waals surface area (Å²) < 4.78 is 9.63. The maximum atomic E-state index is 11.0. The Balaban J connectivity index is 2.94. The van der Waals surface area contributed by atoms with Gasteiger partial charge in [0, 0.05) is 0 Å². The van der Waals surface area contributed by atoms with Crippen molar-refractivity contribution in [3.8, 4) is 18.1 Å². The third kappa shape index (κ3) is 2.75. The summed E-state index contributed by atoms with van der Waals surface area (Å²) in [5.41, 5.74) is 1.45. The third-order valence-electron chi connectivity index (χ3n) is 2.00. The molecule has 3 nitrogen and oxygen atoms in total. The van der Waals surface area contributed by atoms with Crippen LogP contribution in [-0.2, 0) is 16.0 Å². The lowest BCUT2D eigenvalue weighted by Gasteiger charge is -2.05. The third-order valence-corrected chi connectivity index (χ3v) is 2.00. The first-order chi connectivity index (χ1) is 7.21. The van der Waals surface area contributed by atoms with Crippen molar-refractivity contribution in [3.05, 3.63) is 29.3 Å². The van der Waals surface area contributed by atoms with Gasteiger partial charge >= 0.3 is 5.97 Å². The molecule has 15 heavy (non-hydrogen) atoms. The molecule has 0 aliphatic carbocycles. The second-order valence-electron chi connectivity index (χ2n) is 2.93. The Bertz CT molecular complexity index is 402. The Morgan fingerprint density at radius 2 is 2.20 bits per heavy atom. The smallest absolute Gasteiger partial charge is 0.309 e. The van der Waals surface area contributed by atoms with Gasteiger partial charge in [-0.05, 0) is 17.7 Å². The van der Waals surface area contributed by atoms with Crippen molar-refractivity contribution in [2.24, 2.45) is 0 Å². The van der Waals surface area contributed by atoms with Gasteiger partial charge in [0.05, 0.1) is 26.2 Å². The molecular formula is C12H12O3. The summed E-state index contributed by atoms with van der Waals surface area (Å²) in [7, 11) is 2.91. The number of hydrogen-bond donors (Lipinski definition) is 0. The molecule has 0 unspecified atom stereocenters. The summed E-state index contributed by atoms with van der Waals surface area (Å²) in [6, 6.07) is 5.28. The fraction of sp³-hybridized carbons (Fsp3) is 0.250. The molecule has 0 bridgehead atoms. The van der Waals surface area contributed by atoms with Gasteiger partial charge in [-0.3, -0.25) is 4.79 Å². The molecule has 78 valence electrons. The van der Waals surface area contributed by atoms with E-state index in [1.807, 2.05) is 0 Å². The first-order valence-electron chi connectivity index (χ1n) is 4.41. The van der Waals surface area contributed by atoms with Crippen molar-refractivity contribution < 1.29 is 14.3 Å². The average molecular weight is 204 g/mol. The Morgan fingerprint density at radius 3 is 2.73 bits per heavy atom. The zero-order valence-corrected chi connectivity index (χ0v) is 8.74. The molecule has 0 aromatic heterocycles. The number of terminal acetylenes is 1. The predicted octanol–water partition coefficient (Wildman–Crippen LogP) is 1.39. The highest BCUT2D eigenvalue weighted by atomic mass is 16.5. The zero-order chi connectivity index (χ0) is 11.3. The van der Waals surface area contributed by atoms with Crippen molar-refractivity contribution in [1.29, 1.82) is 0 Å². The van der Waals surface area contributed by atoms with Crippen molar-refractivity contribution in [2.45, 2.75) is 6.42 Å². The SMILES string of the molecule is C#Cc1cc(CC(=O)OC)ccc1OC. The molecular weight excluding hydrogens is 192 g/mol. The maximum absolute atomic E-state index is 11.0. The van der Waals surface area contributed by atoms with Crippen LogP contribution in [0.4, 0.5) is 0 Å². The van der Waals surface area contributed by atoms with Crippen LogP contribution in [0.5, 0.6) is 5.75 Å². The van der Waals surface area contributed by atoms with Gasteiger partial charge in [-0.1, -0.05) is 12.0 Å². The molecule has 0 saturated heterocycles. The van der Waals surface area contributed by atoms with E-state index in [1.54, 1.807) is 25.3 Å². The minimum absolute atomic E-state index is 0.217. The molecule has 0 aliphatic rings. The van der Waals surface area contributed by atoms with Crippen LogP contribution in [0.25, 0.3) is 0 Å². The van der Waals surface area contributed by atoms with Crippen LogP contribution in [0, 0.1) is 12.3 Å². The number of rotatable bonds is 3. The van der Waals surface area contributed by atoms with Crippen molar-refractivity contribution in [2.75, 3.05) is 14.2 Å². The number of methoxy groups -OCH3 is 2. The van der Waals surface area contributed by atoms with Gasteiger partial charge in [-0.25, -0.2) is 0 Å². The molecule has 0 atom stereocenters. The first kappa shape index (κ1) is 11.1. The van der Waals surface area contributed by atoms with Gasteiger partial charge in [-0.2, -0.15) is 0 Å². The fourth-order valence-corrected chi connectivity index (χ4v) is 1.22. The lowest BCUT2D eigenvalue weighted by atomic mass is 10.1. The topological polar surface area (TPSA) is 35.5 Å². The summed E-state index contributed by atoms with van der Waals surface area (Å²) in [4.78, 5) is 11.0. The van der Waals surface area contributed by atoms with Crippen LogP contribution in [0.2, 0.25) is 0 Å². The van der Waals surface area contributed by atoms with E-state index in [0.29, 0.717) is 11.3 Å². The van der Waals surface area contributed by atoms with E-state index in [-0.39, 0.29) is 12.4 Å². The standard InChI is InChI=1S/C12H12O3/c1-4-10-7-9(8-12(13)15-3)5-6-11(10)14-2/h1,5-7H,8H2,2-3H3. The second kappa shape index (κ2) is 5.06. The van der Waals surface area contributed by atoms with Crippen molar-refractivity contribution >= 4 is 5.97 Å². The minimum Gasteiger partial charge on any atom is -0.495 e. The molecule has 1 rings (SSSR count). The molecule has 0 amide bonds. The molecule has 0 spiro atoms. The van der Waals surface area contributed by atoms with E-state index in [4.69, 9.17) is 11.2 Å². The number of benzene rings is 1. The van der Waals surface area contributed by atoms with E-state index in [9.17, 15) is 4.79 Å². The zero-order valence-electron chi connectivity index (χ0n) is 8.74. The lowest BCUT2D eigenvalue weighted by molar-refractivity contribution is -0.139. The van der Waals surface area contributed by atoms with Gasteiger partial charge in [0.25, 0.3) is 0 Å². The quantitative estimate of drug-likeness (QED) is 0.551. The lowest BCUT2D eigenvalue weighted by Crippen LogP contribution is -2.04. The van der Waals surface area contributed by atoms with Gasteiger partial charge in [0.2, 0.25) is 0 Å².